The van der Waals surface area contributed by atoms with Crippen molar-refractivity contribution in [1.82, 2.24) is 10.2 Å². The van der Waals surface area contributed by atoms with Crippen molar-refractivity contribution in [3.05, 3.63) is 71.8 Å². The Hall–Kier alpha value is -2.13. The number of hydrogen-bond acceptors (Lipinski definition) is 2. The number of benzene rings is 2. The summed E-state index contributed by atoms with van der Waals surface area (Å²) in [6, 6.07) is 21.2. The summed E-state index contributed by atoms with van der Waals surface area (Å²) in [7, 11) is 0. The van der Waals surface area contributed by atoms with Gasteiger partial charge < -0.3 is 10.2 Å². The van der Waals surface area contributed by atoms with Gasteiger partial charge in [-0.2, -0.15) is 0 Å². The van der Waals surface area contributed by atoms with Crippen molar-refractivity contribution in [1.29, 1.82) is 0 Å². The molecular weight excluding hydrogens is 308 g/mol. The van der Waals surface area contributed by atoms with Gasteiger partial charge in [0.15, 0.2) is 0 Å². The van der Waals surface area contributed by atoms with E-state index in [-0.39, 0.29) is 5.91 Å². The fraction of sp³-hybridized carbons (Fsp3) is 0.409. The molecule has 0 saturated carbocycles. The fourth-order valence-electron chi connectivity index (χ4n) is 3.51. The molecule has 1 saturated heterocycles. The lowest BCUT2D eigenvalue weighted by Crippen LogP contribution is -2.48. The van der Waals surface area contributed by atoms with Crippen LogP contribution >= 0.6 is 0 Å². The van der Waals surface area contributed by atoms with Gasteiger partial charge in [-0.25, -0.2) is 0 Å². The zero-order valence-corrected chi connectivity index (χ0v) is 14.9. The highest BCUT2D eigenvalue weighted by atomic mass is 16.1. The summed E-state index contributed by atoms with van der Waals surface area (Å²) in [6.45, 7) is 3.19. The average molecular weight is 336 g/mol. The first-order valence-electron chi connectivity index (χ1n) is 9.39. The number of rotatable bonds is 7. The Morgan fingerprint density at radius 1 is 0.960 bits per heavy atom. The molecule has 132 valence electrons. The number of aryl methyl sites for hydroxylation is 1. The minimum Gasteiger partial charge on any atom is -0.352 e. The van der Waals surface area contributed by atoms with Crippen molar-refractivity contribution in [3.8, 4) is 0 Å². The number of nitrogens with zero attached hydrogens (tertiary/aromatic N) is 1. The van der Waals surface area contributed by atoms with E-state index in [4.69, 9.17) is 0 Å². The highest BCUT2D eigenvalue weighted by Crippen LogP contribution is 2.12. The number of carbonyl (C=O) groups is 1. The van der Waals surface area contributed by atoms with Gasteiger partial charge in [-0.1, -0.05) is 60.7 Å². The van der Waals surface area contributed by atoms with Gasteiger partial charge >= 0.3 is 0 Å². The van der Waals surface area contributed by atoms with E-state index < -0.39 is 0 Å². The molecule has 1 fully saturated rings. The van der Waals surface area contributed by atoms with Crippen LogP contribution in [-0.2, 0) is 17.6 Å². The molecule has 1 aliphatic heterocycles. The lowest BCUT2D eigenvalue weighted by Gasteiger charge is -2.33. The topological polar surface area (TPSA) is 32.3 Å². The number of piperidine rings is 1. The van der Waals surface area contributed by atoms with Crippen LogP contribution in [-0.4, -0.2) is 36.5 Å². The third kappa shape index (κ3) is 6.02. The van der Waals surface area contributed by atoms with Crippen LogP contribution in [0.2, 0.25) is 0 Å². The van der Waals surface area contributed by atoms with Gasteiger partial charge in [0, 0.05) is 25.6 Å². The largest absolute Gasteiger partial charge is 0.352 e. The van der Waals surface area contributed by atoms with Gasteiger partial charge in [0.2, 0.25) is 5.91 Å². The lowest BCUT2D eigenvalue weighted by molar-refractivity contribution is -0.122. The summed E-state index contributed by atoms with van der Waals surface area (Å²) in [5.74, 6) is 0.179. The van der Waals surface area contributed by atoms with E-state index in [1.54, 1.807) is 0 Å². The number of amides is 1. The molecule has 0 spiro atoms. The Bertz CT molecular complexity index is 642. The molecule has 0 bridgehead atoms. The minimum atomic E-state index is 0.179. The SMILES string of the molecule is O=C(CCc1ccccc1)NC1CCCN(CCc2ccccc2)C1. The van der Waals surface area contributed by atoms with Gasteiger partial charge in [-0.3, -0.25) is 4.79 Å². The summed E-state index contributed by atoms with van der Waals surface area (Å²) in [5, 5.41) is 3.24. The Morgan fingerprint density at radius 3 is 2.28 bits per heavy atom. The van der Waals surface area contributed by atoms with Crippen LogP contribution in [0.4, 0.5) is 0 Å². The summed E-state index contributed by atoms with van der Waals surface area (Å²) < 4.78 is 0. The van der Waals surface area contributed by atoms with E-state index in [0.717, 1.165) is 38.9 Å². The van der Waals surface area contributed by atoms with Crippen LogP contribution in [0.5, 0.6) is 0 Å². The van der Waals surface area contributed by atoms with Crippen molar-refractivity contribution in [2.75, 3.05) is 19.6 Å². The minimum absolute atomic E-state index is 0.179. The Morgan fingerprint density at radius 2 is 1.60 bits per heavy atom. The first-order valence-corrected chi connectivity index (χ1v) is 9.39. The third-order valence-electron chi connectivity index (χ3n) is 4.91. The summed E-state index contributed by atoms with van der Waals surface area (Å²) in [6.07, 6.45) is 4.73. The molecule has 0 aromatic heterocycles. The Balaban J connectivity index is 1.39. The fourth-order valence-corrected chi connectivity index (χ4v) is 3.51. The molecule has 2 aromatic rings. The number of carbonyl (C=O) groups excluding carboxylic acids is 1. The molecule has 1 atom stereocenters. The zero-order chi connectivity index (χ0) is 17.3. The molecule has 3 rings (SSSR count). The zero-order valence-electron chi connectivity index (χ0n) is 14.9. The molecule has 25 heavy (non-hydrogen) atoms. The van der Waals surface area contributed by atoms with E-state index in [2.05, 4.69) is 52.7 Å². The number of hydrogen-bond donors (Lipinski definition) is 1. The van der Waals surface area contributed by atoms with E-state index in [9.17, 15) is 4.79 Å². The second-order valence-electron chi connectivity index (χ2n) is 6.93. The Labute approximate surface area is 151 Å². The second kappa shape index (κ2) is 9.38. The molecule has 1 heterocycles. The maximum atomic E-state index is 12.2. The van der Waals surface area contributed by atoms with Crippen molar-refractivity contribution in [2.45, 2.75) is 38.1 Å². The van der Waals surface area contributed by atoms with Crippen molar-refractivity contribution >= 4 is 5.91 Å². The quantitative estimate of drug-likeness (QED) is 0.840. The predicted molar refractivity (Wildman–Crippen MR) is 103 cm³/mol. The summed E-state index contributed by atoms with van der Waals surface area (Å²) >= 11 is 0. The van der Waals surface area contributed by atoms with Crippen LogP contribution in [0.3, 0.4) is 0 Å². The molecule has 3 heteroatoms. The van der Waals surface area contributed by atoms with E-state index >= 15 is 0 Å². The van der Waals surface area contributed by atoms with Gasteiger partial charge in [-0.15, -0.1) is 0 Å². The first kappa shape index (κ1) is 17.7. The summed E-state index contributed by atoms with van der Waals surface area (Å²) in [4.78, 5) is 14.7. The van der Waals surface area contributed by atoms with Crippen LogP contribution in [0.1, 0.15) is 30.4 Å². The smallest absolute Gasteiger partial charge is 0.220 e. The molecule has 2 aromatic carbocycles. The van der Waals surface area contributed by atoms with E-state index in [1.807, 2.05) is 18.2 Å². The normalized spacial score (nSPS) is 18.0. The lowest BCUT2D eigenvalue weighted by atomic mass is 10.0. The molecule has 1 N–H and O–H groups in total. The van der Waals surface area contributed by atoms with Crippen LogP contribution in [0.25, 0.3) is 0 Å². The van der Waals surface area contributed by atoms with Gasteiger partial charge in [0.05, 0.1) is 0 Å². The molecule has 3 nitrogen and oxygen atoms in total. The van der Waals surface area contributed by atoms with Crippen LogP contribution < -0.4 is 5.32 Å². The first-order chi connectivity index (χ1) is 12.3. The van der Waals surface area contributed by atoms with Gasteiger partial charge in [-0.05, 0) is 43.4 Å². The van der Waals surface area contributed by atoms with Crippen molar-refractivity contribution in [3.63, 3.8) is 0 Å². The van der Waals surface area contributed by atoms with E-state index in [1.165, 1.54) is 17.5 Å². The predicted octanol–water partition coefficient (Wildman–Crippen LogP) is 3.44. The molecule has 0 radical (unpaired) electrons. The van der Waals surface area contributed by atoms with Crippen molar-refractivity contribution < 1.29 is 4.79 Å². The third-order valence-corrected chi connectivity index (χ3v) is 4.91. The maximum absolute atomic E-state index is 12.2. The number of nitrogens with one attached hydrogen (secondary N) is 1. The standard InChI is InChI=1S/C22H28N2O/c25-22(14-13-19-8-3-1-4-9-19)23-21-12-7-16-24(18-21)17-15-20-10-5-2-6-11-20/h1-6,8-11,21H,7,12-18H2,(H,23,25). The van der Waals surface area contributed by atoms with Crippen LogP contribution in [0.15, 0.2) is 60.7 Å². The molecule has 1 aliphatic rings. The van der Waals surface area contributed by atoms with Crippen LogP contribution in [0, 0.1) is 0 Å². The molecular formula is C22H28N2O. The Kier molecular flexibility index (Phi) is 6.63. The molecule has 1 unspecified atom stereocenters. The highest BCUT2D eigenvalue weighted by Gasteiger charge is 2.20. The second-order valence-corrected chi connectivity index (χ2v) is 6.93. The average Bonchev–Trinajstić information content (AvgIpc) is 2.67. The van der Waals surface area contributed by atoms with Crippen molar-refractivity contribution in [2.24, 2.45) is 0 Å². The maximum Gasteiger partial charge on any atom is 0.220 e. The number of likely N-dealkylation sites (tertiary alicyclic amines) is 1. The molecule has 1 amide bonds. The van der Waals surface area contributed by atoms with Gasteiger partial charge in [0.25, 0.3) is 0 Å². The van der Waals surface area contributed by atoms with E-state index in [0.29, 0.717) is 12.5 Å². The summed E-state index contributed by atoms with van der Waals surface area (Å²) in [5.41, 5.74) is 2.61. The molecule has 0 aliphatic carbocycles. The highest BCUT2D eigenvalue weighted by molar-refractivity contribution is 5.76. The van der Waals surface area contributed by atoms with Gasteiger partial charge in [0.1, 0.15) is 0 Å². The monoisotopic (exact) mass is 336 g/mol.